The molecule has 1 aromatic carbocycles. The standard InChI is InChI=1S/C22H28N4O3/c1-5-12-26-21(28)19(16-6-8-17(9-7-16)23-15(2)27)20(22(26)29)25(4)18-10-13-24(3)14-11-18/h5-9,18H,1,10-14H2,2-4H3,(H,23,27). The topological polar surface area (TPSA) is 73.0 Å². The molecule has 0 radical (unpaired) electrons. The Morgan fingerprint density at radius 3 is 2.38 bits per heavy atom. The summed E-state index contributed by atoms with van der Waals surface area (Å²) in [5.41, 5.74) is 2.16. The molecule has 3 amide bonds. The van der Waals surface area contributed by atoms with Crippen molar-refractivity contribution >= 4 is 29.0 Å². The first-order chi connectivity index (χ1) is 13.8. The van der Waals surface area contributed by atoms with Crippen LogP contribution < -0.4 is 5.32 Å². The molecular weight excluding hydrogens is 368 g/mol. The maximum atomic E-state index is 13.1. The zero-order valence-corrected chi connectivity index (χ0v) is 17.3. The van der Waals surface area contributed by atoms with Crippen LogP contribution in [0.15, 0.2) is 42.6 Å². The van der Waals surface area contributed by atoms with E-state index in [0.717, 1.165) is 25.9 Å². The molecule has 1 fully saturated rings. The number of likely N-dealkylation sites (N-methyl/N-ethyl adjacent to an activating group) is 1. The minimum atomic E-state index is -0.308. The highest BCUT2D eigenvalue weighted by molar-refractivity contribution is 6.35. The number of hydrogen-bond donors (Lipinski definition) is 1. The maximum absolute atomic E-state index is 13.1. The van der Waals surface area contributed by atoms with E-state index in [2.05, 4.69) is 23.8 Å². The smallest absolute Gasteiger partial charge is 0.278 e. The quantitative estimate of drug-likeness (QED) is 0.588. The SMILES string of the molecule is C=CCN1C(=O)C(c2ccc(NC(C)=O)cc2)=C(N(C)C2CCN(C)CC2)C1=O. The molecule has 3 rings (SSSR count). The lowest BCUT2D eigenvalue weighted by molar-refractivity contribution is -0.137. The van der Waals surface area contributed by atoms with Crippen LogP contribution in [-0.2, 0) is 14.4 Å². The van der Waals surface area contributed by atoms with Gasteiger partial charge in [0, 0.05) is 32.2 Å². The minimum Gasteiger partial charge on any atom is -0.366 e. The molecule has 7 nitrogen and oxygen atoms in total. The number of carbonyl (C=O) groups excluding carboxylic acids is 3. The van der Waals surface area contributed by atoms with Crippen molar-refractivity contribution in [2.45, 2.75) is 25.8 Å². The number of carbonyl (C=O) groups is 3. The number of imide groups is 1. The fourth-order valence-electron chi connectivity index (χ4n) is 3.93. The number of piperidine rings is 1. The Bertz CT molecular complexity index is 851. The van der Waals surface area contributed by atoms with Gasteiger partial charge >= 0.3 is 0 Å². The third kappa shape index (κ3) is 4.24. The van der Waals surface area contributed by atoms with E-state index < -0.39 is 0 Å². The van der Waals surface area contributed by atoms with E-state index in [1.807, 2.05) is 11.9 Å². The maximum Gasteiger partial charge on any atom is 0.278 e. The van der Waals surface area contributed by atoms with Crippen molar-refractivity contribution in [1.29, 1.82) is 0 Å². The molecule has 0 aromatic heterocycles. The second-order valence-corrected chi connectivity index (χ2v) is 7.64. The van der Waals surface area contributed by atoms with Crippen LogP contribution in [0, 0.1) is 0 Å². The Balaban J connectivity index is 1.99. The highest BCUT2D eigenvalue weighted by atomic mass is 16.2. The molecule has 2 heterocycles. The van der Waals surface area contributed by atoms with Gasteiger partial charge in [-0.25, -0.2) is 0 Å². The van der Waals surface area contributed by atoms with E-state index in [1.165, 1.54) is 11.8 Å². The van der Waals surface area contributed by atoms with Crippen molar-refractivity contribution in [3.63, 3.8) is 0 Å². The first-order valence-corrected chi connectivity index (χ1v) is 9.84. The number of amides is 3. The summed E-state index contributed by atoms with van der Waals surface area (Å²) >= 11 is 0. The van der Waals surface area contributed by atoms with Gasteiger partial charge in [0.15, 0.2) is 0 Å². The minimum absolute atomic E-state index is 0.163. The molecule has 0 atom stereocenters. The molecule has 2 aliphatic rings. The van der Waals surface area contributed by atoms with Gasteiger partial charge in [-0.2, -0.15) is 0 Å². The molecule has 0 spiro atoms. The van der Waals surface area contributed by atoms with Crippen LogP contribution in [0.25, 0.3) is 5.57 Å². The largest absolute Gasteiger partial charge is 0.366 e. The van der Waals surface area contributed by atoms with Crippen LogP contribution in [0.3, 0.4) is 0 Å². The molecule has 2 aliphatic heterocycles. The zero-order valence-electron chi connectivity index (χ0n) is 17.3. The molecule has 0 bridgehead atoms. The van der Waals surface area contributed by atoms with Crippen molar-refractivity contribution in [3.05, 3.63) is 48.2 Å². The van der Waals surface area contributed by atoms with E-state index in [0.29, 0.717) is 22.5 Å². The number of rotatable bonds is 6. The molecular formula is C22H28N4O3. The second-order valence-electron chi connectivity index (χ2n) is 7.64. The van der Waals surface area contributed by atoms with Gasteiger partial charge in [0.2, 0.25) is 5.91 Å². The van der Waals surface area contributed by atoms with E-state index in [1.54, 1.807) is 30.3 Å². The van der Waals surface area contributed by atoms with Crippen LogP contribution in [0.2, 0.25) is 0 Å². The van der Waals surface area contributed by atoms with E-state index in [4.69, 9.17) is 0 Å². The third-order valence-electron chi connectivity index (χ3n) is 5.54. The normalized spacial score (nSPS) is 18.4. The summed E-state index contributed by atoms with van der Waals surface area (Å²) in [6.07, 6.45) is 3.44. The van der Waals surface area contributed by atoms with Crippen molar-refractivity contribution in [3.8, 4) is 0 Å². The van der Waals surface area contributed by atoms with Gasteiger partial charge < -0.3 is 15.1 Å². The van der Waals surface area contributed by atoms with Gasteiger partial charge in [0.05, 0.1) is 5.57 Å². The van der Waals surface area contributed by atoms with Gasteiger partial charge in [-0.05, 0) is 50.7 Å². The van der Waals surface area contributed by atoms with Crippen molar-refractivity contribution in [2.75, 3.05) is 39.0 Å². The lowest BCUT2D eigenvalue weighted by atomic mass is 10.00. The predicted molar refractivity (Wildman–Crippen MR) is 113 cm³/mol. The fourth-order valence-corrected chi connectivity index (χ4v) is 3.93. The van der Waals surface area contributed by atoms with E-state index >= 15 is 0 Å². The number of hydrogen-bond acceptors (Lipinski definition) is 5. The monoisotopic (exact) mass is 396 g/mol. The number of nitrogens with one attached hydrogen (secondary N) is 1. The summed E-state index contributed by atoms with van der Waals surface area (Å²) in [5.74, 6) is -0.752. The zero-order chi connectivity index (χ0) is 21.1. The first-order valence-electron chi connectivity index (χ1n) is 9.84. The van der Waals surface area contributed by atoms with Crippen LogP contribution in [0.5, 0.6) is 0 Å². The van der Waals surface area contributed by atoms with Gasteiger partial charge in [-0.3, -0.25) is 19.3 Å². The first kappa shape index (κ1) is 20.8. The summed E-state index contributed by atoms with van der Waals surface area (Å²) in [4.78, 5) is 43.0. The van der Waals surface area contributed by atoms with Crippen molar-refractivity contribution in [2.24, 2.45) is 0 Å². The molecule has 0 saturated carbocycles. The lowest BCUT2D eigenvalue weighted by Gasteiger charge is -2.36. The number of nitrogens with zero attached hydrogens (tertiary/aromatic N) is 3. The highest BCUT2D eigenvalue weighted by Crippen LogP contribution is 2.33. The average molecular weight is 396 g/mol. The third-order valence-corrected chi connectivity index (χ3v) is 5.54. The van der Waals surface area contributed by atoms with Gasteiger partial charge in [0.25, 0.3) is 11.8 Å². The summed E-state index contributed by atoms with van der Waals surface area (Å²) in [6.45, 7) is 7.21. The molecule has 29 heavy (non-hydrogen) atoms. The van der Waals surface area contributed by atoms with Crippen LogP contribution in [-0.4, -0.2) is 72.2 Å². The Kier molecular flexibility index (Phi) is 6.17. The molecule has 1 aromatic rings. The predicted octanol–water partition coefficient (Wildman–Crippen LogP) is 1.94. The second kappa shape index (κ2) is 8.61. The molecule has 0 unspecified atom stereocenters. The van der Waals surface area contributed by atoms with Gasteiger partial charge in [0.1, 0.15) is 5.70 Å². The number of benzene rings is 1. The molecule has 1 saturated heterocycles. The Labute approximate surface area is 171 Å². The van der Waals surface area contributed by atoms with Crippen LogP contribution in [0.4, 0.5) is 5.69 Å². The van der Waals surface area contributed by atoms with Crippen molar-refractivity contribution < 1.29 is 14.4 Å². The molecule has 154 valence electrons. The van der Waals surface area contributed by atoms with Crippen LogP contribution >= 0.6 is 0 Å². The van der Waals surface area contributed by atoms with Gasteiger partial charge in [-0.15, -0.1) is 6.58 Å². The summed E-state index contributed by atoms with van der Waals surface area (Å²) < 4.78 is 0. The molecule has 1 N–H and O–H groups in total. The number of anilines is 1. The number of likely N-dealkylation sites (tertiary alicyclic amines) is 1. The Hall–Kier alpha value is -2.93. The summed E-state index contributed by atoms with van der Waals surface area (Å²) in [7, 11) is 3.99. The van der Waals surface area contributed by atoms with E-state index in [9.17, 15) is 14.4 Å². The summed E-state index contributed by atoms with van der Waals surface area (Å²) in [6, 6.07) is 7.22. The average Bonchev–Trinajstić information content (AvgIpc) is 2.93. The summed E-state index contributed by atoms with van der Waals surface area (Å²) in [5, 5.41) is 2.72. The molecule has 7 heteroatoms. The Morgan fingerprint density at radius 1 is 1.21 bits per heavy atom. The highest BCUT2D eigenvalue weighted by Gasteiger charge is 2.41. The van der Waals surface area contributed by atoms with Gasteiger partial charge in [-0.1, -0.05) is 18.2 Å². The lowest BCUT2D eigenvalue weighted by Crippen LogP contribution is -2.43. The Morgan fingerprint density at radius 2 is 1.83 bits per heavy atom. The van der Waals surface area contributed by atoms with Crippen molar-refractivity contribution in [1.82, 2.24) is 14.7 Å². The van der Waals surface area contributed by atoms with Crippen LogP contribution in [0.1, 0.15) is 25.3 Å². The molecule has 0 aliphatic carbocycles. The van der Waals surface area contributed by atoms with E-state index in [-0.39, 0.29) is 30.3 Å². The fraction of sp³-hybridized carbons (Fsp3) is 0.409.